The fraction of sp³-hybridized carbons (Fsp3) is 0.320. The highest BCUT2D eigenvalue weighted by Crippen LogP contribution is 2.19. The second kappa shape index (κ2) is 12.3. The Kier molecular flexibility index (Phi) is 9.20. The summed E-state index contributed by atoms with van der Waals surface area (Å²) in [6, 6.07) is 8.47. The van der Waals surface area contributed by atoms with E-state index in [9.17, 15) is 33.0 Å². The topological polar surface area (TPSA) is 112 Å². The van der Waals surface area contributed by atoms with Crippen LogP contribution in [0.3, 0.4) is 0 Å². The van der Waals surface area contributed by atoms with Gasteiger partial charge in [-0.2, -0.15) is 0 Å². The van der Waals surface area contributed by atoms with Gasteiger partial charge >= 0.3 is 6.09 Å². The number of nitrogens with zero attached hydrogens (tertiary/aromatic N) is 2. The second-order valence-corrected chi connectivity index (χ2v) is 8.23. The van der Waals surface area contributed by atoms with Gasteiger partial charge in [0.05, 0.1) is 18.8 Å². The number of amides is 2. The number of aryl methyl sites for hydroxylation is 1. The van der Waals surface area contributed by atoms with Gasteiger partial charge in [-0.05, 0) is 54.1 Å². The quantitative estimate of drug-likeness (QED) is 0.390. The number of rotatable bonds is 10. The molecule has 3 N–H and O–H groups in total. The number of fused-ring (bicyclic) bond motifs is 1. The Morgan fingerprint density at radius 2 is 1.92 bits per heavy atom. The first-order valence-corrected chi connectivity index (χ1v) is 11.1. The molecule has 8 nitrogen and oxygen atoms in total. The van der Waals surface area contributed by atoms with Crippen LogP contribution >= 0.6 is 0 Å². The van der Waals surface area contributed by atoms with E-state index in [1.165, 1.54) is 48.5 Å². The summed E-state index contributed by atoms with van der Waals surface area (Å²) >= 11 is 0. The predicted molar refractivity (Wildman–Crippen MR) is 126 cm³/mol. The Morgan fingerprint density at radius 1 is 1.14 bits per heavy atom. The van der Waals surface area contributed by atoms with Crippen LogP contribution in [0.4, 0.5) is 23.8 Å². The van der Waals surface area contributed by atoms with E-state index in [1.807, 2.05) is 0 Å². The van der Waals surface area contributed by atoms with Crippen molar-refractivity contribution in [3.05, 3.63) is 71.7 Å². The maximum Gasteiger partial charge on any atom is 0.412 e. The molecule has 3 aromatic rings. The Balaban J connectivity index is 1.60. The third-order valence-electron chi connectivity index (χ3n) is 5.66. The third kappa shape index (κ3) is 7.15. The minimum absolute atomic E-state index is 0.0436. The molecule has 0 saturated heterocycles. The summed E-state index contributed by atoms with van der Waals surface area (Å²) in [4.78, 5) is 30.3. The molecule has 192 valence electrons. The van der Waals surface area contributed by atoms with Crippen LogP contribution in [0, 0.1) is 17.5 Å². The summed E-state index contributed by atoms with van der Waals surface area (Å²) in [5.74, 6) is -2.82. The minimum Gasteiger partial charge on any atom is -0.447 e. The molecule has 0 spiro atoms. The van der Waals surface area contributed by atoms with Crippen molar-refractivity contribution < 1.29 is 37.7 Å². The molecule has 2 atom stereocenters. The maximum atomic E-state index is 13.9. The van der Waals surface area contributed by atoms with Crippen molar-refractivity contribution in [3.8, 4) is 0 Å². The van der Waals surface area contributed by atoms with Crippen LogP contribution in [-0.2, 0) is 16.0 Å². The number of ether oxygens (including phenoxy) is 1. The lowest BCUT2D eigenvalue weighted by Crippen LogP contribution is -2.43. The molecule has 0 fully saturated rings. The maximum absolute atomic E-state index is 13.9. The van der Waals surface area contributed by atoms with Crippen molar-refractivity contribution in [1.29, 1.82) is 0 Å². The van der Waals surface area contributed by atoms with Gasteiger partial charge in [-0.1, -0.05) is 12.1 Å². The normalized spacial score (nSPS) is 12.7. The average Bonchev–Trinajstić information content (AvgIpc) is 2.86. The number of hydrogen-bond donors (Lipinski definition) is 3. The zero-order chi connectivity index (χ0) is 26.2. The number of carbonyl (C=O) groups excluding carboxylic acids is 2. The third-order valence-corrected chi connectivity index (χ3v) is 5.66. The smallest absolute Gasteiger partial charge is 0.412 e. The number of carbonyl (C=O) groups is 2. The Bertz CT molecular complexity index is 1230. The van der Waals surface area contributed by atoms with Crippen LogP contribution in [0.1, 0.15) is 18.4 Å². The van der Waals surface area contributed by atoms with E-state index in [2.05, 4.69) is 10.3 Å². The van der Waals surface area contributed by atoms with Crippen molar-refractivity contribution >= 4 is 28.6 Å². The molecule has 3 rings (SSSR count). The van der Waals surface area contributed by atoms with Gasteiger partial charge in [0, 0.05) is 25.1 Å². The van der Waals surface area contributed by atoms with Gasteiger partial charge in [0.25, 0.3) is 0 Å². The van der Waals surface area contributed by atoms with Gasteiger partial charge in [-0.15, -0.1) is 0 Å². The molecule has 0 aliphatic carbocycles. The summed E-state index contributed by atoms with van der Waals surface area (Å²) in [5.41, 5.74) is 0.0436. The molecule has 0 saturated carbocycles. The van der Waals surface area contributed by atoms with Crippen LogP contribution < -0.4 is 5.32 Å². The first kappa shape index (κ1) is 26.9. The van der Waals surface area contributed by atoms with Crippen LogP contribution in [0.5, 0.6) is 0 Å². The number of nitrogens with one attached hydrogen (secondary N) is 1. The van der Waals surface area contributed by atoms with Crippen LogP contribution in [0.25, 0.3) is 10.8 Å². The molecule has 1 heterocycles. The van der Waals surface area contributed by atoms with E-state index in [1.54, 1.807) is 6.07 Å². The highest BCUT2D eigenvalue weighted by Gasteiger charge is 2.25. The first-order chi connectivity index (χ1) is 17.2. The van der Waals surface area contributed by atoms with E-state index in [0.717, 1.165) is 6.07 Å². The van der Waals surface area contributed by atoms with Gasteiger partial charge < -0.3 is 19.8 Å². The lowest BCUT2D eigenvalue weighted by Gasteiger charge is -2.29. The number of aromatic nitrogens is 1. The SMILES string of the molecule is CN(C(=O)CCc1cccc(F)c1F)[C@H](COC(=O)Nc1cc2cc(F)ccc2cn1)CC(O)CO. The number of pyridine rings is 1. The minimum atomic E-state index is -1.19. The number of likely N-dealkylation sites (N-methyl/N-ethyl adjacent to an activating group) is 1. The molecular formula is C25H26F3N3O5. The highest BCUT2D eigenvalue weighted by atomic mass is 19.2. The summed E-state index contributed by atoms with van der Waals surface area (Å²) in [5, 5.41) is 22.7. The summed E-state index contributed by atoms with van der Waals surface area (Å²) < 4.78 is 45.9. The number of aliphatic hydroxyl groups is 2. The number of benzene rings is 2. The Labute approximate surface area is 205 Å². The lowest BCUT2D eigenvalue weighted by molar-refractivity contribution is -0.133. The van der Waals surface area contributed by atoms with Crippen molar-refractivity contribution in [2.45, 2.75) is 31.4 Å². The Morgan fingerprint density at radius 3 is 2.67 bits per heavy atom. The van der Waals surface area contributed by atoms with E-state index < -0.39 is 48.2 Å². The van der Waals surface area contributed by atoms with E-state index in [4.69, 9.17) is 4.74 Å². The standard InChI is InChI=1S/C25H26F3N3O5/c1-31(23(34)8-6-15-3-2-4-21(27)24(15)28)19(11-20(33)13-32)14-36-25(35)30-22-10-17-9-18(26)7-5-16(17)12-29-22/h2-5,7,9-10,12,19-20,32-33H,6,8,11,13-14H2,1H3,(H,29,30,35)/t19-,20?/m0/s1. The van der Waals surface area contributed by atoms with E-state index in [0.29, 0.717) is 10.8 Å². The fourth-order valence-corrected chi connectivity index (χ4v) is 3.58. The molecule has 11 heteroatoms. The van der Waals surface area contributed by atoms with Crippen molar-refractivity contribution in [2.24, 2.45) is 0 Å². The van der Waals surface area contributed by atoms with Crippen LogP contribution in [0.15, 0.2) is 48.7 Å². The van der Waals surface area contributed by atoms with Gasteiger partial charge in [-0.3, -0.25) is 10.1 Å². The molecule has 36 heavy (non-hydrogen) atoms. The van der Waals surface area contributed by atoms with Crippen LogP contribution in [0.2, 0.25) is 0 Å². The summed E-state index contributed by atoms with van der Waals surface area (Å²) in [6.07, 6.45) is -0.949. The molecular weight excluding hydrogens is 479 g/mol. The lowest BCUT2D eigenvalue weighted by atomic mass is 10.1. The molecule has 2 aromatic carbocycles. The van der Waals surface area contributed by atoms with Crippen LogP contribution in [-0.4, -0.2) is 64.5 Å². The van der Waals surface area contributed by atoms with Crippen molar-refractivity contribution in [3.63, 3.8) is 0 Å². The largest absolute Gasteiger partial charge is 0.447 e. The predicted octanol–water partition coefficient (Wildman–Crippen LogP) is 3.40. The van der Waals surface area contributed by atoms with Gasteiger partial charge in [0.15, 0.2) is 11.6 Å². The van der Waals surface area contributed by atoms with Gasteiger partial charge in [0.2, 0.25) is 5.91 Å². The number of halogens is 3. The molecule has 0 bridgehead atoms. The molecule has 2 amide bonds. The average molecular weight is 505 g/mol. The zero-order valence-electron chi connectivity index (χ0n) is 19.5. The van der Waals surface area contributed by atoms with Crippen molar-refractivity contribution in [2.75, 3.05) is 25.6 Å². The number of hydrogen-bond acceptors (Lipinski definition) is 6. The fourth-order valence-electron chi connectivity index (χ4n) is 3.58. The highest BCUT2D eigenvalue weighted by molar-refractivity contribution is 5.89. The summed E-state index contributed by atoms with van der Waals surface area (Å²) in [6.45, 7) is -0.904. The molecule has 0 aliphatic heterocycles. The number of aliphatic hydroxyl groups excluding tert-OH is 2. The molecule has 0 radical (unpaired) electrons. The van der Waals surface area contributed by atoms with Gasteiger partial charge in [0.1, 0.15) is 18.2 Å². The van der Waals surface area contributed by atoms with Crippen molar-refractivity contribution in [1.82, 2.24) is 9.88 Å². The Hall–Kier alpha value is -3.70. The monoisotopic (exact) mass is 505 g/mol. The summed E-state index contributed by atoms with van der Waals surface area (Å²) in [7, 11) is 1.42. The van der Waals surface area contributed by atoms with Gasteiger partial charge in [-0.25, -0.2) is 22.9 Å². The zero-order valence-corrected chi connectivity index (χ0v) is 19.5. The van der Waals surface area contributed by atoms with E-state index >= 15 is 0 Å². The first-order valence-electron chi connectivity index (χ1n) is 11.1. The number of anilines is 1. The second-order valence-electron chi connectivity index (χ2n) is 8.23. The van der Waals surface area contributed by atoms with E-state index in [-0.39, 0.29) is 37.3 Å². The molecule has 0 aliphatic rings. The molecule has 1 unspecified atom stereocenters. The molecule has 1 aromatic heterocycles.